The van der Waals surface area contributed by atoms with Gasteiger partial charge in [0.1, 0.15) is 5.82 Å². The minimum absolute atomic E-state index is 0.0886. The second-order valence-electron chi connectivity index (χ2n) is 5.13. The summed E-state index contributed by atoms with van der Waals surface area (Å²) in [6, 6.07) is 3.14. The van der Waals surface area contributed by atoms with Crippen LogP contribution in [0.15, 0.2) is 23.2 Å². The molecule has 21 heavy (non-hydrogen) atoms. The zero-order valence-electron chi connectivity index (χ0n) is 12.6. The number of hydrogen-bond acceptors (Lipinski definition) is 5. The van der Waals surface area contributed by atoms with E-state index in [-0.39, 0.29) is 6.10 Å². The molecule has 1 aliphatic heterocycles. The monoisotopic (exact) mass is 313 g/mol. The van der Waals surface area contributed by atoms with Gasteiger partial charge in [-0.2, -0.15) is 4.31 Å². The molecule has 0 spiro atoms. The van der Waals surface area contributed by atoms with Crippen LogP contribution in [0.5, 0.6) is 0 Å². The molecule has 0 saturated carbocycles. The largest absolute Gasteiger partial charge is 0.380 e. The van der Waals surface area contributed by atoms with Crippen molar-refractivity contribution < 1.29 is 13.2 Å². The Bertz CT molecular complexity index is 552. The molecule has 1 aliphatic rings. The normalized spacial score (nSPS) is 17.8. The Balaban J connectivity index is 2.10. The average molecular weight is 313 g/mol. The van der Waals surface area contributed by atoms with Gasteiger partial charge in [0.15, 0.2) is 0 Å². The van der Waals surface area contributed by atoms with Crippen molar-refractivity contribution in [2.75, 3.05) is 32.1 Å². The SMILES string of the molecule is CCC(CNc1cc(S(=O)(=O)N2CCCC2)ccn1)OC. The van der Waals surface area contributed by atoms with Gasteiger partial charge >= 0.3 is 0 Å². The Labute approximate surface area is 126 Å². The maximum Gasteiger partial charge on any atom is 0.243 e. The van der Waals surface area contributed by atoms with E-state index in [0.717, 1.165) is 19.3 Å². The van der Waals surface area contributed by atoms with Crippen molar-refractivity contribution >= 4 is 15.8 Å². The standard InChI is InChI=1S/C14H23N3O3S/c1-3-12(20-2)11-16-14-10-13(6-7-15-14)21(18,19)17-8-4-5-9-17/h6-7,10,12H,3-5,8-9,11H2,1-2H3,(H,15,16). The molecule has 118 valence electrons. The number of sulfonamides is 1. The van der Waals surface area contributed by atoms with Crippen LogP contribution in [0.4, 0.5) is 5.82 Å². The van der Waals surface area contributed by atoms with E-state index in [4.69, 9.17) is 4.74 Å². The average Bonchev–Trinajstić information content (AvgIpc) is 3.03. The van der Waals surface area contributed by atoms with Crippen LogP contribution in [0.3, 0.4) is 0 Å². The lowest BCUT2D eigenvalue weighted by Gasteiger charge is -2.17. The van der Waals surface area contributed by atoms with Gasteiger partial charge < -0.3 is 10.1 Å². The van der Waals surface area contributed by atoms with Crippen LogP contribution in [0.2, 0.25) is 0 Å². The molecule has 0 aromatic carbocycles. The number of rotatable bonds is 7. The molecule has 7 heteroatoms. The van der Waals surface area contributed by atoms with Gasteiger partial charge in [-0.15, -0.1) is 0 Å². The van der Waals surface area contributed by atoms with Crippen molar-refractivity contribution in [2.24, 2.45) is 0 Å². The van der Waals surface area contributed by atoms with Gasteiger partial charge in [0.25, 0.3) is 0 Å². The Morgan fingerprint density at radius 3 is 2.76 bits per heavy atom. The van der Waals surface area contributed by atoms with Crippen LogP contribution in [0.1, 0.15) is 26.2 Å². The second-order valence-corrected chi connectivity index (χ2v) is 7.07. The molecule has 1 aromatic rings. The van der Waals surface area contributed by atoms with Crippen LogP contribution >= 0.6 is 0 Å². The number of nitrogens with zero attached hydrogens (tertiary/aromatic N) is 2. The first kappa shape index (κ1) is 16.2. The Morgan fingerprint density at radius 1 is 1.43 bits per heavy atom. The number of hydrogen-bond donors (Lipinski definition) is 1. The Morgan fingerprint density at radius 2 is 2.14 bits per heavy atom. The summed E-state index contributed by atoms with van der Waals surface area (Å²) in [6.07, 6.45) is 4.36. The third-order valence-corrected chi connectivity index (χ3v) is 5.63. The molecule has 1 atom stereocenters. The summed E-state index contributed by atoms with van der Waals surface area (Å²) in [4.78, 5) is 4.47. The van der Waals surface area contributed by atoms with Gasteiger partial charge in [-0.1, -0.05) is 6.92 Å². The molecule has 1 fully saturated rings. The summed E-state index contributed by atoms with van der Waals surface area (Å²) in [5.41, 5.74) is 0. The molecule has 0 radical (unpaired) electrons. The van der Waals surface area contributed by atoms with E-state index >= 15 is 0 Å². The zero-order valence-corrected chi connectivity index (χ0v) is 13.4. The molecule has 0 aliphatic carbocycles. The molecule has 2 heterocycles. The van der Waals surface area contributed by atoms with Crippen LogP contribution in [0.25, 0.3) is 0 Å². The van der Waals surface area contributed by atoms with Gasteiger partial charge in [-0.05, 0) is 25.3 Å². The van der Waals surface area contributed by atoms with E-state index in [1.54, 1.807) is 19.2 Å². The highest BCUT2D eigenvalue weighted by Crippen LogP contribution is 2.22. The lowest BCUT2D eigenvalue weighted by atomic mass is 10.3. The predicted molar refractivity (Wildman–Crippen MR) is 81.8 cm³/mol. The topological polar surface area (TPSA) is 71.5 Å². The maximum atomic E-state index is 12.5. The number of ether oxygens (including phenoxy) is 1. The van der Waals surface area contributed by atoms with Crippen LogP contribution < -0.4 is 5.32 Å². The minimum Gasteiger partial charge on any atom is -0.380 e. The first-order valence-electron chi connectivity index (χ1n) is 7.30. The van der Waals surface area contributed by atoms with E-state index < -0.39 is 10.0 Å². The highest BCUT2D eigenvalue weighted by Gasteiger charge is 2.27. The van der Waals surface area contributed by atoms with Gasteiger partial charge in [0, 0.05) is 39.0 Å². The summed E-state index contributed by atoms with van der Waals surface area (Å²) in [5, 5.41) is 3.13. The summed E-state index contributed by atoms with van der Waals surface area (Å²) in [5.74, 6) is 0.561. The number of nitrogens with one attached hydrogen (secondary N) is 1. The number of methoxy groups -OCH3 is 1. The first-order chi connectivity index (χ1) is 10.1. The van der Waals surface area contributed by atoms with Crippen LogP contribution in [-0.4, -0.2) is 50.6 Å². The van der Waals surface area contributed by atoms with Gasteiger partial charge in [-0.25, -0.2) is 13.4 Å². The quantitative estimate of drug-likeness (QED) is 0.829. The fraction of sp³-hybridized carbons (Fsp3) is 0.643. The molecule has 2 rings (SSSR count). The number of pyridine rings is 1. The summed E-state index contributed by atoms with van der Waals surface area (Å²) >= 11 is 0. The molecular formula is C14H23N3O3S. The lowest BCUT2D eigenvalue weighted by molar-refractivity contribution is 0.110. The highest BCUT2D eigenvalue weighted by atomic mass is 32.2. The van der Waals surface area contributed by atoms with E-state index in [1.807, 2.05) is 6.92 Å². The van der Waals surface area contributed by atoms with E-state index in [1.165, 1.54) is 10.5 Å². The van der Waals surface area contributed by atoms with Gasteiger partial charge in [-0.3, -0.25) is 0 Å². The van der Waals surface area contributed by atoms with E-state index in [9.17, 15) is 8.42 Å². The Hall–Kier alpha value is -1.18. The summed E-state index contributed by atoms with van der Waals surface area (Å²) in [7, 11) is -1.72. The smallest absolute Gasteiger partial charge is 0.243 e. The zero-order chi connectivity index (χ0) is 15.3. The van der Waals surface area contributed by atoms with Crippen molar-refractivity contribution in [1.82, 2.24) is 9.29 Å². The molecule has 6 nitrogen and oxygen atoms in total. The molecule has 1 N–H and O–H groups in total. The fourth-order valence-electron chi connectivity index (χ4n) is 2.36. The molecule has 1 saturated heterocycles. The van der Waals surface area contributed by atoms with Crippen LogP contribution in [-0.2, 0) is 14.8 Å². The first-order valence-corrected chi connectivity index (χ1v) is 8.74. The Kier molecular flexibility index (Phi) is 5.55. The third kappa shape index (κ3) is 3.93. The van der Waals surface area contributed by atoms with Crippen LogP contribution in [0, 0.1) is 0 Å². The second kappa shape index (κ2) is 7.20. The highest BCUT2D eigenvalue weighted by molar-refractivity contribution is 7.89. The van der Waals surface area contributed by atoms with Crippen molar-refractivity contribution in [3.8, 4) is 0 Å². The molecular weight excluding hydrogens is 290 g/mol. The van der Waals surface area contributed by atoms with Gasteiger partial charge in [0.05, 0.1) is 11.0 Å². The van der Waals surface area contributed by atoms with Crippen molar-refractivity contribution in [2.45, 2.75) is 37.2 Å². The number of anilines is 1. The molecule has 0 bridgehead atoms. The van der Waals surface area contributed by atoms with E-state index in [2.05, 4.69) is 10.3 Å². The van der Waals surface area contributed by atoms with Gasteiger partial charge in [0.2, 0.25) is 10.0 Å². The minimum atomic E-state index is -3.39. The van der Waals surface area contributed by atoms with Crippen molar-refractivity contribution in [3.63, 3.8) is 0 Å². The number of aromatic nitrogens is 1. The lowest BCUT2D eigenvalue weighted by Crippen LogP contribution is -2.28. The molecule has 1 aromatic heterocycles. The van der Waals surface area contributed by atoms with E-state index in [0.29, 0.717) is 30.3 Å². The summed E-state index contributed by atoms with van der Waals surface area (Å²) < 4.78 is 31.8. The van der Waals surface area contributed by atoms with Crippen molar-refractivity contribution in [1.29, 1.82) is 0 Å². The fourth-order valence-corrected chi connectivity index (χ4v) is 3.89. The molecule has 1 unspecified atom stereocenters. The summed E-state index contributed by atoms with van der Waals surface area (Å²) in [6.45, 7) is 3.86. The molecule has 0 amide bonds. The predicted octanol–water partition coefficient (Wildman–Crippen LogP) is 1.70. The third-order valence-electron chi connectivity index (χ3n) is 3.73. The maximum absolute atomic E-state index is 12.5. The van der Waals surface area contributed by atoms with Crippen molar-refractivity contribution in [3.05, 3.63) is 18.3 Å².